The number of hydrogen-bond donors (Lipinski definition) is 2. The molecule has 0 bridgehead atoms. The average Bonchev–Trinajstić information content (AvgIpc) is 2.59. The normalized spacial score (nSPS) is 30.5. The molecule has 0 aliphatic heterocycles. The number of nitrogens with two attached hydrogens (primary N) is 2. The van der Waals surface area contributed by atoms with Crippen LogP contribution >= 0.6 is 0 Å². The predicted octanol–water partition coefficient (Wildman–Crippen LogP) is 5.10. The van der Waals surface area contributed by atoms with Gasteiger partial charge < -0.3 is 11.5 Å². The van der Waals surface area contributed by atoms with Gasteiger partial charge in [0, 0.05) is 22.9 Å². The van der Waals surface area contributed by atoms with Crippen LogP contribution < -0.4 is 11.5 Å². The quantitative estimate of drug-likeness (QED) is 0.795. The minimum atomic E-state index is -0.233. The molecule has 2 aliphatic carbocycles. The van der Waals surface area contributed by atoms with E-state index in [4.69, 9.17) is 11.5 Å². The molecule has 4 atom stereocenters. The van der Waals surface area contributed by atoms with Gasteiger partial charge in [0.1, 0.15) is 0 Å². The lowest BCUT2D eigenvalue weighted by molar-refractivity contribution is 0.550. The Labute approximate surface area is 158 Å². The van der Waals surface area contributed by atoms with Crippen molar-refractivity contribution < 1.29 is 0 Å². The van der Waals surface area contributed by atoms with Gasteiger partial charge in [0.15, 0.2) is 0 Å². The van der Waals surface area contributed by atoms with E-state index in [9.17, 15) is 0 Å². The lowest BCUT2D eigenvalue weighted by atomic mass is 9.79. The SMILES string of the molecule is CC(C1=CC=CC(C)(N)C1)c1ccc(C(C)C2=CC=CC(C)(N)C2)cc1. The van der Waals surface area contributed by atoms with Gasteiger partial charge in [0.25, 0.3) is 0 Å². The first-order valence-electron chi connectivity index (χ1n) is 9.61. The molecule has 0 radical (unpaired) electrons. The van der Waals surface area contributed by atoms with Gasteiger partial charge in [-0.05, 0) is 37.8 Å². The van der Waals surface area contributed by atoms with Crippen molar-refractivity contribution in [3.05, 3.63) is 83.0 Å². The van der Waals surface area contributed by atoms with Crippen molar-refractivity contribution in [2.24, 2.45) is 11.5 Å². The maximum absolute atomic E-state index is 6.30. The highest BCUT2D eigenvalue weighted by molar-refractivity contribution is 5.40. The summed E-state index contributed by atoms with van der Waals surface area (Å²) in [6.45, 7) is 8.72. The van der Waals surface area contributed by atoms with Crippen LogP contribution in [0.25, 0.3) is 0 Å². The van der Waals surface area contributed by atoms with E-state index in [1.54, 1.807) is 0 Å². The zero-order valence-corrected chi connectivity index (χ0v) is 16.5. The molecule has 4 N–H and O–H groups in total. The minimum absolute atomic E-state index is 0.233. The number of allylic oxidation sites excluding steroid dienone is 4. The molecular weight excluding hydrogens is 316 g/mol. The summed E-state index contributed by atoms with van der Waals surface area (Å²) in [5, 5.41) is 0. The number of benzene rings is 1. The van der Waals surface area contributed by atoms with Crippen LogP contribution in [0.3, 0.4) is 0 Å². The van der Waals surface area contributed by atoms with Crippen LogP contribution in [0.2, 0.25) is 0 Å². The predicted molar refractivity (Wildman–Crippen MR) is 112 cm³/mol. The highest BCUT2D eigenvalue weighted by atomic mass is 14.7. The summed E-state index contributed by atoms with van der Waals surface area (Å²) in [4.78, 5) is 0. The van der Waals surface area contributed by atoms with Crippen molar-refractivity contribution in [1.82, 2.24) is 0 Å². The van der Waals surface area contributed by atoms with E-state index in [0.29, 0.717) is 11.8 Å². The maximum Gasteiger partial charge on any atom is 0.0351 e. The smallest absolute Gasteiger partial charge is 0.0351 e. The summed E-state index contributed by atoms with van der Waals surface area (Å²) < 4.78 is 0. The second kappa shape index (κ2) is 7.02. The Balaban J connectivity index is 1.74. The minimum Gasteiger partial charge on any atom is -0.322 e. The first-order chi connectivity index (χ1) is 12.2. The molecule has 26 heavy (non-hydrogen) atoms. The molecule has 3 rings (SSSR count). The molecule has 1 aromatic rings. The van der Waals surface area contributed by atoms with Gasteiger partial charge in [-0.1, -0.05) is 85.7 Å². The Bertz CT molecular complexity index is 706. The zero-order valence-electron chi connectivity index (χ0n) is 16.5. The van der Waals surface area contributed by atoms with Crippen molar-refractivity contribution >= 4 is 0 Å². The van der Waals surface area contributed by atoms with Gasteiger partial charge >= 0.3 is 0 Å². The topological polar surface area (TPSA) is 52.0 Å². The Morgan fingerprint density at radius 3 is 1.38 bits per heavy atom. The Morgan fingerprint density at radius 2 is 1.08 bits per heavy atom. The molecule has 2 heteroatoms. The van der Waals surface area contributed by atoms with Crippen molar-refractivity contribution in [1.29, 1.82) is 0 Å². The third kappa shape index (κ3) is 4.25. The van der Waals surface area contributed by atoms with E-state index < -0.39 is 0 Å². The molecular formula is C24H32N2. The van der Waals surface area contributed by atoms with Crippen molar-refractivity contribution in [3.63, 3.8) is 0 Å². The van der Waals surface area contributed by atoms with E-state index in [0.717, 1.165) is 12.8 Å². The standard InChI is InChI=1S/C24H32N2/c1-17(21-7-5-13-23(3,25)15-21)19-9-11-20(12-10-19)18(2)22-8-6-14-24(4,26)16-22/h5-14,17-18H,15-16,25-26H2,1-4H3. The molecule has 0 spiro atoms. The van der Waals surface area contributed by atoms with E-state index in [2.05, 4.69) is 88.4 Å². The van der Waals surface area contributed by atoms with Crippen LogP contribution in [0.15, 0.2) is 71.9 Å². The van der Waals surface area contributed by atoms with Crippen molar-refractivity contribution in [3.8, 4) is 0 Å². The van der Waals surface area contributed by atoms with Crippen molar-refractivity contribution in [2.75, 3.05) is 0 Å². The highest BCUT2D eigenvalue weighted by Crippen LogP contribution is 2.35. The highest BCUT2D eigenvalue weighted by Gasteiger charge is 2.25. The van der Waals surface area contributed by atoms with Gasteiger partial charge in [0.05, 0.1) is 0 Å². The number of rotatable bonds is 4. The number of hydrogen-bond acceptors (Lipinski definition) is 2. The van der Waals surface area contributed by atoms with E-state index in [1.807, 2.05) is 0 Å². The summed E-state index contributed by atoms with van der Waals surface area (Å²) in [7, 11) is 0. The van der Waals surface area contributed by atoms with Crippen molar-refractivity contribution in [2.45, 2.75) is 63.5 Å². The third-order valence-electron chi connectivity index (χ3n) is 5.79. The fourth-order valence-corrected chi connectivity index (χ4v) is 3.99. The Morgan fingerprint density at radius 1 is 0.731 bits per heavy atom. The van der Waals surface area contributed by atoms with Crippen LogP contribution in [-0.4, -0.2) is 11.1 Å². The molecule has 2 nitrogen and oxygen atoms in total. The monoisotopic (exact) mass is 348 g/mol. The van der Waals surface area contributed by atoms with E-state index >= 15 is 0 Å². The first kappa shape index (κ1) is 18.9. The second-order valence-electron chi connectivity index (χ2n) is 8.68. The van der Waals surface area contributed by atoms with Gasteiger partial charge in [0.2, 0.25) is 0 Å². The van der Waals surface area contributed by atoms with Crippen LogP contribution in [0, 0.1) is 0 Å². The molecule has 0 fully saturated rings. The van der Waals surface area contributed by atoms with Crippen LogP contribution in [0.4, 0.5) is 0 Å². The summed E-state index contributed by atoms with van der Waals surface area (Å²) in [5.41, 5.74) is 17.6. The van der Waals surface area contributed by atoms with Gasteiger partial charge in [-0.2, -0.15) is 0 Å². The molecule has 0 aromatic heterocycles. The second-order valence-corrected chi connectivity index (χ2v) is 8.68. The third-order valence-corrected chi connectivity index (χ3v) is 5.79. The van der Waals surface area contributed by atoms with E-state index in [1.165, 1.54) is 22.3 Å². The zero-order chi connectivity index (χ0) is 18.9. The average molecular weight is 349 g/mol. The molecule has 0 heterocycles. The van der Waals surface area contributed by atoms with Crippen LogP contribution in [-0.2, 0) is 0 Å². The molecule has 4 unspecified atom stereocenters. The lowest BCUT2D eigenvalue weighted by Gasteiger charge is -2.29. The fourth-order valence-electron chi connectivity index (χ4n) is 3.99. The van der Waals surface area contributed by atoms with Gasteiger partial charge in [-0.15, -0.1) is 0 Å². The maximum atomic E-state index is 6.30. The summed E-state index contributed by atoms with van der Waals surface area (Å²) in [6, 6.07) is 9.07. The summed E-state index contributed by atoms with van der Waals surface area (Å²) in [5.74, 6) is 0.771. The molecule has 0 amide bonds. The van der Waals surface area contributed by atoms with Gasteiger partial charge in [-0.3, -0.25) is 0 Å². The van der Waals surface area contributed by atoms with Gasteiger partial charge in [-0.25, -0.2) is 0 Å². The molecule has 0 saturated heterocycles. The van der Waals surface area contributed by atoms with Crippen LogP contribution in [0.5, 0.6) is 0 Å². The molecule has 0 saturated carbocycles. The largest absolute Gasteiger partial charge is 0.322 e. The summed E-state index contributed by atoms with van der Waals surface area (Å²) >= 11 is 0. The Hall–Kier alpha value is -1.90. The molecule has 138 valence electrons. The fraction of sp³-hybridized carbons (Fsp3) is 0.417. The first-order valence-corrected chi connectivity index (χ1v) is 9.61. The molecule has 2 aliphatic rings. The lowest BCUT2D eigenvalue weighted by Crippen LogP contribution is -2.35. The van der Waals surface area contributed by atoms with Crippen LogP contribution in [0.1, 0.15) is 63.5 Å². The summed E-state index contributed by atoms with van der Waals surface area (Å²) in [6.07, 6.45) is 14.6. The van der Waals surface area contributed by atoms with E-state index in [-0.39, 0.29) is 11.1 Å². The molecule has 1 aromatic carbocycles. The Kier molecular flexibility index (Phi) is 5.09.